The number of carbonyl (C=O) groups is 1. The number of aryl methyl sites for hydroxylation is 1. The molecule has 0 saturated heterocycles. The molecule has 2 aromatic carbocycles. The first-order chi connectivity index (χ1) is 15.4. The van der Waals surface area contributed by atoms with Crippen molar-refractivity contribution in [2.24, 2.45) is 0 Å². The van der Waals surface area contributed by atoms with Crippen LogP contribution in [0.1, 0.15) is 45.7 Å². The van der Waals surface area contributed by atoms with E-state index in [1.807, 2.05) is 38.1 Å². The van der Waals surface area contributed by atoms with Gasteiger partial charge in [0.15, 0.2) is 0 Å². The van der Waals surface area contributed by atoms with Gasteiger partial charge in [0.05, 0.1) is 16.6 Å². The van der Waals surface area contributed by atoms with Crippen molar-refractivity contribution in [2.75, 3.05) is 0 Å². The normalized spacial score (nSPS) is 11.6. The van der Waals surface area contributed by atoms with Gasteiger partial charge < -0.3 is 18.6 Å². The number of para-hydroxylation sites is 1. The highest BCUT2D eigenvalue weighted by atomic mass is 35.5. The van der Waals surface area contributed by atoms with Crippen molar-refractivity contribution in [3.63, 3.8) is 0 Å². The Kier molecular flexibility index (Phi) is 6.33. The third-order valence-corrected chi connectivity index (χ3v) is 5.53. The van der Waals surface area contributed by atoms with Crippen LogP contribution < -0.4 is 4.74 Å². The number of rotatable bonds is 8. The van der Waals surface area contributed by atoms with Gasteiger partial charge >= 0.3 is 0 Å². The van der Waals surface area contributed by atoms with Crippen LogP contribution in [0.2, 0.25) is 5.02 Å². The van der Waals surface area contributed by atoms with Crippen LogP contribution in [-0.4, -0.2) is 27.1 Å². The standard InChI is InChI=1S/C25H26ClN3O3/c1-15(2)29-14-18(7-6-12-30)19-8-5-9-20(23(19)29)24-27-25(32-28-24)17-10-11-22(21(26)13-17)31-16(3)4/h5,8-16H,6-7H2,1-4H3. The SMILES string of the molecule is CC(C)Oc1ccc(-c2nc(-c3cccc4c(CCC=O)cn(C(C)C)c34)no2)cc1Cl. The average Bonchev–Trinajstić information content (AvgIpc) is 3.39. The van der Waals surface area contributed by atoms with E-state index in [1.165, 1.54) is 0 Å². The minimum absolute atomic E-state index is 0.0301. The van der Waals surface area contributed by atoms with Gasteiger partial charge in [-0.2, -0.15) is 4.98 Å². The lowest BCUT2D eigenvalue weighted by atomic mass is 10.1. The fourth-order valence-corrected chi connectivity index (χ4v) is 4.04. The van der Waals surface area contributed by atoms with Crippen molar-refractivity contribution in [3.8, 4) is 28.6 Å². The summed E-state index contributed by atoms with van der Waals surface area (Å²) in [5, 5.41) is 5.85. The minimum Gasteiger partial charge on any atom is -0.489 e. The predicted octanol–water partition coefficient (Wildman–Crippen LogP) is 6.51. The van der Waals surface area contributed by atoms with Crippen molar-refractivity contribution in [3.05, 3.63) is 53.2 Å². The zero-order valence-corrected chi connectivity index (χ0v) is 19.4. The molecule has 0 saturated carbocycles. The molecule has 0 aliphatic rings. The Labute approximate surface area is 192 Å². The molecule has 0 amide bonds. The fraction of sp³-hybridized carbons (Fsp3) is 0.320. The fourth-order valence-electron chi connectivity index (χ4n) is 3.82. The predicted molar refractivity (Wildman–Crippen MR) is 126 cm³/mol. The van der Waals surface area contributed by atoms with Crippen LogP contribution in [0.15, 0.2) is 47.1 Å². The molecule has 0 atom stereocenters. The third-order valence-electron chi connectivity index (χ3n) is 5.23. The van der Waals surface area contributed by atoms with E-state index in [-0.39, 0.29) is 12.1 Å². The van der Waals surface area contributed by atoms with Gasteiger partial charge in [-0.1, -0.05) is 28.9 Å². The molecule has 2 heterocycles. The van der Waals surface area contributed by atoms with E-state index >= 15 is 0 Å². The molecule has 0 aliphatic carbocycles. The molecule has 0 aliphatic heterocycles. The Balaban J connectivity index is 1.76. The quantitative estimate of drug-likeness (QED) is 0.285. The Morgan fingerprint density at radius 2 is 2.00 bits per heavy atom. The lowest BCUT2D eigenvalue weighted by Gasteiger charge is -2.11. The molecule has 0 fully saturated rings. The number of ether oxygens (including phenoxy) is 1. The zero-order valence-electron chi connectivity index (χ0n) is 18.6. The molecular formula is C25H26ClN3O3. The summed E-state index contributed by atoms with van der Waals surface area (Å²) < 4.78 is 13.5. The van der Waals surface area contributed by atoms with Crippen LogP contribution in [0, 0.1) is 0 Å². The Morgan fingerprint density at radius 3 is 2.69 bits per heavy atom. The van der Waals surface area contributed by atoms with E-state index < -0.39 is 0 Å². The second-order valence-electron chi connectivity index (χ2n) is 8.30. The maximum absolute atomic E-state index is 10.9. The number of hydrogen-bond donors (Lipinski definition) is 0. The zero-order chi connectivity index (χ0) is 22.8. The summed E-state index contributed by atoms with van der Waals surface area (Å²) in [5.74, 6) is 1.51. The van der Waals surface area contributed by atoms with Gasteiger partial charge in [-0.15, -0.1) is 0 Å². The average molecular weight is 452 g/mol. The van der Waals surface area contributed by atoms with Gasteiger partial charge in [0.25, 0.3) is 5.89 Å². The van der Waals surface area contributed by atoms with Crippen molar-refractivity contribution < 1.29 is 14.1 Å². The van der Waals surface area contributed by atoms with Crippen LogP contribution in [0.5, 0.6) is 5.75 Å². The topological polar surface area (TPSA) is 70.2 Å². The molecule has 0 spiro atoms. The summed E-state index contributed by atoms with van der Waals surface area (Å²) in [6.07, 6.45) is 4.30. The molecule has 6 nitrogen and oxygen atoms in total. The largest absolute Gasteiger partial charge is 0.489 e. The van der Waals surface area contributed by atoms with Crippen LogP contribution >= 0.6 is 11.6 Å². The summed E-state index contributed by atoms with van der Waals surface area (Å²) in [6, 6.07) is 11.7. The monoisotopic (exact) mass is 451 g/mol. The summed E-state index contributed by atoms with van der Waals surface area (Å²) in [6.45, 7) is 8.16. The van der Waals surface area contributed by atoms with Gasteiger partial charge in [0.2, 0.25) is 5.82 Å². The molecule has 4 rings (SSSR count). The molecule has 32 heavy (non-hydrogen) atoms. The van der Waals surface area contributed by atoms with E-state index in [1.54, 1.807) is 6.07 Å². The number of aldehydes is 1. The van der Waals surface area contributed by atoms with Crippen LogP contribution in [0.25, 0.3) is 33.7 Å². The molecule has 0 radical (unpaired) electrons. The van der Waals surface area contributed by atoms with Crippen molar-refractivity contribution in [1.29, 1.82) is 0 Å². The summed E-state index contributed by atoms with van der Waals surface area (Å²) in [4.78, 5) is 15.6. The van der Waals surface area contributed by atoms with Gasteiger partial charge in [-0.05, 0) is 63.9 Å². The van der Waals surface area contributed by atoms with E-state index in [9.17, 15) is 4.79 Å². The van der Waals surface area contributed by atoms with Crippen molar-refractivity contribution in [2.45, 2.75) is 52.7 Å². The Bertz CT molecular complexity index is 1260. The highest BCUT2D eigenvalue weighted by Crippen LogP contribution is 2.35. The number of fused-ring (bicyclic) bond motifs is 1. The van der Waals surface area contributed by atoms with Gasteiger partial charge in [-0.3, -0.25) is 0 Å². The van der Waals surface area contributed by atoms with Crippen molar-refractivity contribution in [1.82, 2.24) is 14.7 Å². The third kappa shape index (κ3) is 4.28. The minimum atomic E-state index is 0.0301. The van der Waals surface area contributed by atoms with Gasteiger partial charge in [0.1, 0.15) is 12.0 Å². The molecule has 0 unspecified atom stereocenters. The number of halogens is 1. The first-order valence-corrected chi connectivity index (χ1v) is 11.1. The second kappa shape index (κ2) is 9.17. The van der Waals surface area contributed by atoms with Crippen molar-refractivity contribution >= 4 is 28.8 Å². The molecule has 166 valence electrons. The molecular weight excluding hydrogens is 426 g/mol. The smallest absolute Gasteiger partial charge is 0.258 e. The van der Waals surface area contributed by atoms with Gasteiger partial charge in [-0.25, -0.2) is 0 Å². The molecule has 0 bridgehead atoms. The highest BCUT2D eigenvalue weighted by molar-refractivity contribution is 6.32. The maximum atomic E-state index is 10.9. The van der Waals surface area contributed by atoms with Gasteiger partial charge in [0, 0.05) is 35.2 Å². The maximum Gasteiger partial charge on any atom is 0.258 e. The Hall–Kier alpha value is -3.12. The van der Waals surface area contributed by atoms with Crippen LogP contribution in [-0.2, 0) is 11.2 Å². The molecule has 7 heteroatoms. The summed E-state index contributed by atoms with van der Waals surface area (Å²) in [5.41, 5.74) is 3.78. The summed E-state index contributed by atoms with van der Waals surface area (Å²) in [7, 11) is 0. The van der Waals surface area contributed by atoms with E-state index in [0.717, 1.165) is 33.9 Å². The number of benzene rings is 2. The molecule has 4 aromatic rings. The number of aromatic nitrogens is 3. The number of carbonyl (C=O) groups excluding carboxylic acids is 1. The first kappa shape index (κ1) is 22.1. The van der Waals surface area contributed by atoms with E-state index in [0.29, 0.717) is 35.3 Å². The molecule has 2 aromatic heterocycles. The Morgan fingerprint density at radius 1 is 1.19 bits per heavy atom. The highest BCUT2D eigenvalue weighted by Gasteiger charge is 2.19. The van der Waals surface area contributed by atoms with Crippen LogP contribution in [0.3, 0.4) is 0 Å². The summed E-state index contributed by atoms with van der Waals surface area (Å²) >= 11 is 6.38. The molecule has 0 N–H and O–H groups in total. The van der Waals surface area contributed by atoms with Crippen LogP contribution in [0.4, 0.5) is 0 Å². The first-order valence-electron chi connectivity index (χ1n) is 10.8. The number of hydrogen-bond acceptors (Lipinski definition) is 5. The lowest BCUT2D eigenvalue weighted by Crippen LogP contribution is -2.05. The number of nitrogens with zero attached hydrogens (tertiary/aromatic N) is 3. The lowest BCUT2D eigenvalue weighted by molar-refractivity contribution is -0.107. The second-order valence-corrected chi connectivity index (χ2v) is 8.70. The van der Waals surface area contributed by atoms with E-state index in [4.69, 9.17) is 20.9 Å². The van der Waals surface area contributed by atoms with E-state index in [2.05, 4.69) is 40.8 Å².